The van der Waals surface area contributed by atoms with Crippen LogP contribution in [0.25, 0.3) is 0 Å². The average Bonchev–Trinajstić information content (AvgIpc) is 2.71. The van der Waals surface area contributed by atoms with Crippen molar-refractivity contribution in [2.24, 2.45) is 0 Å². The molecule has 0 aliphatic heterocycles. The number of aromatic carboxylic acids is 2. The number of rotatable bonds is 9. The van der Waals surface area contributed by atoms with E-state index in [4.69, 9.17) is 0 Å². The van der Waals surface area contributed by atoms with Gasteiger partial charge in [-0.15, -0.1) is 0 Å². The van der Waals surface area contributed by atoms with Crippen molar-refractivity contribution in [1.82, 2.24) is 0 Å². The zero-order chi connectivity index (χ0) is 23.9. The maximum atomic E-state index is 10.3. The van der Waals surface area contributed by atoms with Crippen molar-refractivity contribution in [3.63, 3.8) is 0 Å². The molecule has 1 aromatic rings. The Hall–Kier alpha value is -3.94. The highest BCUT2D eigenvalue weighted by atomic mass is 16.4. The fourth-order valence-corrected chi connectivity index (χ4v) is 1.38. The second-order valence-corrected chi connectivity index (χ2v) is 5.01. The summed E-state index contributed by atoms with van der Waals surface area (Å²) in [7, 11) is 0. The number of hydrogen-bond acceptors (Lipinski definition) is 8. The van der Waals surface area contributed by atoms with Crippen LogP contribution < -0.4 is 20.4 Å². The lowest BCUT2D eigenvalue weighted by molar-refractivity contribution is -0.308. The summed E-state index contributed by atoms with van der Waals surface area (Å²) in [4.78, 5) is 40.2. The third kappa shape index (κ3) is 22.1. The van der Waals surface area contributed by atoms with Crippen molar-refractivity contribution < 1.29 is 39.6 Å². The first-order valence-corrected chi connectivity index (χ1v) is 8.47. The van der Waals surface area contributed by atoms with Crippen molar-refractivity contribution in [2.75, 3.05) is 0 Å². The van der Waals surface area contributed by atoms with E-state index in [9.17, 15) is 39.6 Å². The molecule has 164 valence electrons. The smallest absolute Gasteiger partial charge is 0.0721 e. The monoisotopic (exact) mass is 416 g/mol. The Labute approximate surface area is 175 Å². The van der Waals surface area contributed by atoms with E-state index in [0.717, 1.165) is 12.1 Å². The molecule has 0 fully saturated rings. The van der Waals surface area contributed by atoms with Crippen molar-refractivity contribution in [2.45, 2.75) is 25.7 Å². The second kappa shape index (κ2) is 21.4. The van der Waals surface area contributed by atoms with Crippen LogP contribution in [0.4, 0.5) is 0 Å². The Balaban J connectivity index is -0.000000364. The van der Waals surface area contributed by atoms with E-state index < -0.39 is 23.9 Å². The molecule has 1 rings (SSSR count). The van der Waals surface area contributed by atoms with Crippen molar-refractivity contribution in [3.8, 4) is 0 Å². The van der Waals surface area contributed by atoms with Gasteiger partial charge in [0.15, 0.2) is 0 Å². The number of unbranched alkanes of at least 4 members (excludes halogenated alkanes) is 1. The third-order valence-corrected chi connectivity index (χ3v) is 2.71. The first kappa shape index (κ1) is 30.8. The summed E-state index contributed by atoms with van der Waals surface area (Å²) in [5.41, 5.74) is -0.727. The van der Waals surface area contributed by atoms with Crippen LogP contribution in [0.2, 0.25) is 0 Å². The highest BCUT2D eigenvalue weighted by molar-refractivity contribution is 5.99. The summed E-state index contributed by atoms with van der Waals surface area (Å²) in [6.07, 6.45) is 7.09. The van der Waals surface area contributed by atoms with Crippen molar-refractivity contribution in [1.29, 1.82) is 0 Å². The molecule has 8 nitrogen and oxygen atoms in total. The standard InChI is InChI=1S/C8H6O4.C6H10O4.2C4H6/c9-7(10)5-3-1-2-4-6(5)8(11)12;7-5(8)3-1-2-4-6(9)10;2*1-3-4-2/h1-4H,(H,9,10)(H,11,12);1-4H2,(H,7,8)(H,9,10);2*3-4H,1-2H2/p-4. The van der Waals surface area contributed by atoms with Gasteiger partial charge in [-0.1, -0.05) is 74.9 Å². The number of carboxylic acids is 4. The summed E-state index contributed by atoms with van der Waals surface area (Å²) in [6, 6.07) is 5.14. The minimum atomic E-state index is -1.52. The fourth-order valence-electron chi connectivity index (χ4n) is 1.38. The van der Waals surface area contributed by atoms with Gasteiger partial charge in [0.25, 0.3) is 0 Å². The van der Waals surface area contributed by atoms with Crippen LogP contribution in [-0.4, -0.2) is 23.9 Å². The first-order chi connectivity index (χ1) is 14.1. The van der Waals surface area contributed by atoms with Gasteiger partial charge in [0.2, 0.25) is 0 Å². The fraction of sp³-hybridized carbons (Fsp3) is 0.182. The zero-order valence-electron chi connectivity index (χ0n) is 16.5. The molecule has 0 radical (unpaired) electrons. The predicted molar refractivity (Wildman–Crippen MR) is 104 cm³/mol. The molecule has 0 atom stereocenters. The normalized spacial score (nSPS) is 8.13. The quantitative estimate of drug-likeness (QED) is 0.372. The molecular formula is C22H24O8-4. The molecule has 0 amide bonds. The van der Waals surface area contributed by atoms with Gasteiger partial charge in [-0.2, -0.15) is 0 Å². The first-order valence-electron chi connectivity index (χ1n) is 8.47. The number of carboxylic acid groups (broad SMARTS) is 4. The number of carbonyl (C=O) groups excluding carboxylic acids is 4. The minimum absolute atomic E-state index is 0.0761. The summed E-state index contributed by atoms with van der Waals surface area (Å²) < 4.78 is 0. The molecule has 0 aliphatic rings. The Morgan fingerprint density at radius 3 is 1.07 bits per heavy atom. The zero-order valence-corrected chi connectivity index (χ0v) is 16.5. The van der Waals surface area contributed by atoms with Gasteiger partial charge in [-0.3, -0.25) is 0 Å². The number of carbonyl (C=O) groups is 4. The second-order valence-electron chi connectivity index (χ2n) is 5.01. The molecule has 8 heteroatoms. The Morgan fingerprint density at radius 2 is 0.900 bits per heavy atom. The molecule has 0 heterocycles. The molecule has 1 aromatic carbocycles. The minimum Gasteiger partial charge on any atom is -0.550 e. The third-order valence-electron chi connectivity index (χ3n) is 2.71. The molecule has 30 heavy (non-hydrogen) atoms. The van der Waals surface area contributed by atoms with Crippen LogP contribution in [0.5, 0.6) is 0 Å². The number of allylic oxidation sites excluding steroid dienone is 4. The Bertz CT molecular complexity index is 647. The predicted octanol–water partition coefficient (Wildman–Crippen LogP) is -0.823. The lowest BCUT2D eigenvalue weighted by Gasteiger charge is -2.09. The van der Waals surface area contributed by atoms with E-state index in [2.05, 4.69) is 26.3 Å². The average molecular weight is 416 g/mol. The molecule has 0 spiro atoms. The summed E-state index contributed by atoms with van der Waals surface area (Å²) in [5, 5.41) is 40.2. The summed E-state index contributed by atoms with van der Waals surface area (Å²) in [5.74, 6) is -5.32. The van der Waals surface area contributed by atoms with E-state index >= 15 is 0 Å². The molecule has 0 unspecified atom stereocenters. The van der Waals surface area contributed by atoms with Gasteiger partial charge in [0.1, 0.15) is 0 Å². The molecule has 0 N–H and O–H groups in total. The highest BCUT2D eigenvalue weighted by Crippen LogP contribution is 2.05. The highest BCUT2D eigenvalue weighted by Gasteiger charge is 2.01. The van der Waals surface area contributed by atoms with Gasteiger partial charge in [0.05, 0.1) is 11.9 Å². The number of aliphatic carboxylic acids is 2. The van der Waals surface area contributed by atoms with Crippen LogP contribution in [0.15, 0.2) is 74.9 Å². The Kier molecular flexibility index (Phi) is 21.9. The van der Waals surface area contributed by atoms with Gasteiger partial charge < -0.3 is 39.6 Å². The van der Waals surface area contributed by atoms with Crippen LogP contribution in [0.3, 0.4) is 0 Å². The van der Waals surface area contributed by atoms with E-state index in [1.54, 1.807) is 24.3 Å². The van der Waals surface area contributed by atoms with Gasteiger partial charge in [-0.05, 0) is 25.7 Å². The SMILES string of the molecule is C=CC=C.C=CC=C.O=C([O-])CCCCC(=O)[O-].O=C([O-])c1ccccc1C(=O)[O-]. The van der Waals surface area contributed by atoms with Gasteiger partial charge in [0, 0.05) is 23.1 Å². The van der Waals surface area contributed by atoms with Crippen LogP contribution >= 0.6 is 0 Å². The molecule has 0 saturated heterocycles. The number of benzene rings is 1. The summed E-state index contributed by atoms with van der Waals surface area (Å²) >= 11 is 0. The molecule has 0 bridgehead atoms. The molecular weight excluding hydrogens is 392 g/mol. The molecule has 0 aromatic heterocycles. The maximum Gasteiger partial charge on any atom is 0.0721 e. The van der Waals surface area contributed by atoms with E-state index in [1.807, 2.05) is 0 Å². The van der Waals surface area contributed by atoms with Gasteiger partial charge >= 0.3 is 0 Å². The van der Waals surface area contributed by atoms with Crippen LogP contribution in [0.1, 0.15) is 46.4 Å². The van der Waals surface area contributed by atoms with Crippen LogP contribution in [-0.2, 0) is 9.59 Å². The topological polar surface area (TPSA) is 161 Å². The van der Waals surface area contributed by atoms with Crippen molar-refractivity contribution in [3.05, 3.63) is 86.0 Å². The van der Waals surface area contributed by atoms with E-state index in [1.165, 1.54) is 12.1 Å². The Morgan fingerprint density at radius 1 is 0.633 bits per heavy atom. The van der Waals surface area contributed by atoms with Gasteiger partial charge in [-0.25, -0.2) is 0 Å². The molecule has 0 saturated carbocycles. The van der Waals surface area contributed by atoms with E-state index in [-0.39, 0.29) is 24.0 Å². The van der Waals surface area contributed by atoms with E-state index in [0.29, 0.717) is 12.8 Å². The van der Waals surface area contributed by atoms with Crippen molar-refractivity contribution >= 4 is 23.9 Å². The van der Waals surface area contributed by atoms with Crippen LogP contribution in [0, 0.1) is 0 Å². The lowest BCUT2D eigenvalue weighted by atomic mass is 10.1. The molecule has 0 aliphatic carbocycles. The summed E-state index contributed by atoms with van der Waals surface area (Å²) in [6.45, 7) is 13.4. The largest absolute Gasteiger partial charge is 0.550 e. The lowest BCUT2D eigenvalue weighted by Crippen LogP contribution is -2.29. The number of hydrogen-bond donors (Lipinski definition) is 0. The maximum absolute atomic E-state index is 10.3.